The maximum Gasteiger partial charge on any atom is 0.280 e. The third-order valence-corrected chi connectivity index (χ3v) is 3.29. The summed E-state index contributed by atoms with van der Waals surface area (Å²) in [5.41, 5.74) is 0.541. The van der Waals surface area contributed by atoms with Gasteiger partial charge in [-0.05, 0) is 19.3 Å². The van der Waals surface area contributed by atoms with E-state index in [0.717, 1.165) is 6.42 Å². The summed E-state index contributed by atoms with van der Waals surface area (Å²) in [4.78, 5) is 20.1. The number of nitrogens with zero attached hydrogens (tertiary/aromatic N) is 3. The fraction of sp³-hybridized carbons (Fsp3) is 0.500. The van der Waals surface area contributed by atoms with E-state index >= 15 is 0 Å². The summed E-state index contributed by atoms with van der Waals surface area (Å²) >= 11 is 1.27. The van der Waals surface area contributed by atoms with E-state index < -0.39 is 0 Å². The highest BCUT2D eigenvalue weighted by Gasteiger charge is 2.15. The van der Waals surface area contributed by atoms with E-state index in [-0.39, 0.29) is 5.91 Å². The predicted octanol–water partition coefficient (Wildman–Crippen LogP) is 2.28. The van der Waals surface area contributed by atoms with Gasteiger partial charge in [-0.2, -0.15) is 4.98 Å². The number of hydrogen-bond donors (Lipinski definition) is 1. The zero-order valence-corrected chi connectivity index (χ0v) is 12.0. The number of hydrogen-bond acceptors (Lipinski definition) is 6. The molecule has 2 aromatic heterocycles. The summed E-state index contributed by atoms with van der Waals surface area (Å²) in [5, 5.41) is 8.69. The monoisotopic (exact) mass is 280 g/mol. The Bertz CT molecular complexity index is 562. The molecule has 0 aromatic carbocycles. The van der Waals surface area contributed by atoms with Crippen LogP contribution < -0.4 is 5.32 Å². The molecule has 0 spiro atoms. The average molecular weight is 280 g/mol. The van der Waals surface area contributed by atoms with E-state index in [4.69, 9.17) is 4.52 Å². The lowest BCUT2D eigenvalue weighted by Crippen LogP contribution is -2.25. The number of carbonyl (C=O) groups is 1. The lowest BCUT2D eigenvalue weighted by molar-refractivity contribution is 0.0951. The molecule has 2 rings (SSSR count). The highest BCUT2D eigenvalue weighted by Crippen LogP contribution is 2.20. The van der Waals surface area contributed by atoms with Crippen LogP contribution in [0.15, 0.2) is 9.90 Å². The van der Waals surface area contributed by atoms with Gasteiger partial charge in [0.05, 0.1) is 0 Å². The van der Waals surface area contributed by atoms with Crippen molar-refractivity contribution >= 4 is 17.2 Å². The Kier molecular flexibility index (Phi) is 4.26. The molecule has 0 atom stereocenters. The molecule has 19 heavy (non-hydrogen) atoms. The molecule has 0 saturated heterocycles. The lowest BCUT2D eigenvalue weighted by atomic mass is 10.1. The van der Waals surface area contributed by atoms with E-state index in [1.165, 1.54) is 11.3 Å². The molecule has 0 saturated carbocycles. The lowest BCUT2D eigenvalue weighted by Gasteiger charge is -2.04. The van der Waals surface area contributed by atoms with Crippen molar-refractivity contribution in [1.82, 2.24) is 20.4 Å². The minimum absolute atomic E-state index is 0.159. The zero-order chi connectivity index (χ0) is 13.8. The number of nitrogens with one attached hydrogen (secondary N) is 1. The maximum absolute atomic E-state index is 11.8. The molecular weight excluding hydrogens is 264 g/mol. The number of aromatic nitrogens is 3. The van der Waals surface area contributed by atoms with Gasteiger partial charge >= 0.3 is 0 Å². The third kappa shape index (κ3) is 3.60. The number of carbonyl (C=O) groups excluding carboxylic acids is 1. The van der Waals surface area contributed by atoms with Crippen molar-refractivity contribution in [3.05, 3.63) is 16.2 Å². The molecule has 0 radical (unpaired) electrons. The highest BCUT2D eigenvalue weighted by atomic mass is 32.1. The minimum Gasteiger partial charge on any atom is -0.350 e. The van der Waals surface area contributed by atoms with Crippen molar-refractivity contribution in [2.45, 2.75) is 27.2 Å². The van der Waals surface area contributed by atoms with Crippen LogP contribution in [-0.2, 0) is 0 Å². The molecule has 1 amide bonds. The Morgan fingerprint density at radius 2 is 2.26 bits per heavy atom. The Balaban J connectivity index is 1.98. The van der Waals surface area contributed by atoms with Crippen LogP contribution in [0.25, 0.3) is 11.6 Å². The van der Waals surface area contributed by atoms with Crippen molar-refractivity contribution < 1.29 is 9.32 Å². The second-order valence-electron chi connectivity index (χ2n) is 4.62. The summed E-state index contributed by atoms with van der Waals surface area (Å²) in [5.74, 6) is 1.29. The molecular formula is C12H16N4O2S. The van der Waals surface area contributed by atoms with Crippen LogP contribution in [0.2, 0.25) is 0 Å². The van der Waals surface area contributed by atoms with E-state index in [2.05, 4.69) is 34.3 Å². The van der Waals surface area contributed by atoms with Gasteiger partial charge in [-0.3, -0.25) is 4.79 Å². The smallest absolute Gasteiger partial charge is 0.280 e. The maximum atomic E-state index is 11.8. The van der Waals surface area contributed by atoms with Crippen molar-refractivity contribution in [3.8, 4) is 11.6 Å². The number of rotatable bonds is 5. The second-order valence-corrected chi connectivity index (χ2v) is 5.48. The molecule has 6 nitrogen and oxygen atoms in total. The molecule has 0 aliphatic rings. The minimum atomic E-state index is -0.159. The molecule has 1 N–H and O–H groups in total. The van der Waals surface area contributed by atoms with Gasteiger partial charge in [-0.15, -0.1) is 11.3 Å². The Hall–Kier alpha value is -1.76. The summed E-state index contributed by atoms with van der Waals surface area (Å²) in [7, 11) is 0. The Morgan fingerprint density at radius 1 is 1.47 bits per heavy atom. The topological polar surface area (TPSA) is 80.9 Å². The fourth-order valence-electron chi connectivity index (χ4n) is 1.43. The fourth-order valence-corrected chi connectivity index (χ4v) is 2.13. The van der Waals surface area contributed by atoms with Crippen LogP contribution in [0.3, 0.4) is 0 Å². The molecule has 102 valence electrons. The number of aryl methyl sites for hydroxylation is 1. The van der Waals surface area contributed by atoms with Gasteiger partial charge in [-0.25, -0.2) is 4.98 Å². The first kappa shape index (κ1) is 13.7. The van der Waals surface area contributed by atoms with Gasteiger partial charge in [0, 0.05) is 11.9 Å². The molecule has 0 aliphatic heterocycles. The van der Waals surface area contributed by atoms with Gasteiger partial charge in [0.2, 0.25) is 0 Å². The van der Waals surface area contributed by atoms with Gasteiger partial charge < -0.3 is 9.84 Å². The number of thiazole rings is 1. The van der Waals surface area contributed by atoms with Crippen molar-refractivity contribution in [1.29, 1.82) is 0 Å². The Morgan fingerprint density at radius 3 is 2.89 bits per heavy atom. The standard InChI is InChI=1S/C12H16N4O2S/c1-7(2)4-5-13-10(17)12-15-9(6-19-12)11-14-8(3)16-18-11/h6-7H,4-5H2,1-3H3,(H,13,17). The first-order valence-corrected chi connectivity index (χ1v) is 6.98. The van der Waals surface area contributed by atoms with E-state index in [1.54, 1.807) is 12.3 Å². The summed E-state index contributed by atoms with van der Waals surface area (Å²) < 4.78 is 5.01. The SMILES string of the molecule is Cc1noc(-c2csc(C(=O)NCCC(C)C)n2)n1. The first-order valence-electron chi connectivity index (χ1n) is 6.10. The summed E-state index contributed by atoms with van der Waals surface area (Å²) in [6, 6.07) is 0. The van der Waals surface area contributed by atoms with Crippen LogP contribution in [0.4, 0.5) is 0 Å². The van der Waals surface area contributed by atoms with Crippen molar-refractivity contribution in [3.63, 3.8) is 0 Å². The van der Waals surface area contributed by atoms with Gasteiger partial charge in [0.25, 0.3) is 11.8 Å². The largest absolute Gasteiger partial charge is 0.350 e. The van der Waals surface area contributed by atoms with Gasteiger partial charge in [0.1, 0.15) is 5.69 Å². The van der Waals surface area contributed by atoms with Crippen LogP contribution in [0.5, 0.6) is 0 Å². The summed E-state index contributed by atoms with van der Waals surface area (Å²) in [6.07, 6.45) is 0.951. The van der Waals surface area contributed by atoms with Crippen LogP contribution in [-0.4, -0.2) is 27.6 Å². The second kappa shape index (κ2) is 5.92. The molecule has 2 aromatic rings. The highest BCUT2D eigenvalue weighted by molar-refractivity contribution is 7.12. The quantitative estimate of drug-likeness (QED) is 0.908. The van der Waals surface area contributed by atoms with Crippen LogP contribution in [0.1, 0.15) is 35.9 Å². The van der Waals surface area contributed by atoms with Crippen molar-refractivity contribution in [2.24, 2.45) is 5.92 Å². The number of amides is 1. The first-order chi connectivity index (χ1) is 9.06. The van der Waals surface area contributed by atoms with Crippen LogP contribution >= 0.6 is 11.3 Å². The predicted molar refractivity (Wildman–Crippen MR) is 71.9 cm³/mol. The molecule has 7 heteroatoms. The molecule has 0 aliphatic carbocycles. The van der Waals surface area contributed by atoms with E-state index in [1.807, 2.05) is 0 Å². The molecule has 0 unspecified atom stereocenters. The average Bonchev–Trinajstić information content (AvgIpc) is 2.96. The molecule has 0 fully saturated rings. The summed E-state index contributed by atoms with van der Waals surface area (Å²) in [6.45, 7) is 6.63. The van der Waals surface area contributed by atoms with E-state index in [0.29, 0.717) is 34.9 Å². The van der Waals surface area contributed by atoms with Gasteiger partial charge in [0.15, 0.2) is 10.8 Å². The molecule has 0 bridgehead atoms. The van der Waals surface area contributed by atoms with E-state index in [9.17, 15) is 4.79 Å². The third-order valence-electron chi connectivity index (χ3n) is 2.45. The normalized spacial score (nSPS) is 10.9. The van der Waals surface area contributed by atoms with Crippen LogP contribution in [0, 0.1) is 12.8 Å². The van der Waals surface area contributed by atoms with Crippen molar-refractivity contribution in [2.75, 3.05) is 6.54 Å². The molecule has 2 heterocycles. The Labute approximate surface area is 115 Å². The van der Waals surface area contributed by atoms with Gasteiger partial charge in [-0.1, -0.05) is 19.0 Å². The zero-order valence-electron chi connectivity index (χ0n) is 11.1.